The van der Waals surface area contributed by atoms with Gasteiger partial charge in [-0.3, -0.25) is 5.10 Å². The second-order valence-electron chi connectivity index (χ2n) is 6.90. The van der Waals surface area contributed by atoms with Crippen LogP contribution in [-0.4, -0.2) is 36.6 Å². The van der Waals surface area contributed by atoms with Crippen molar-refractivity contribution >= 4 is 16.3 Å². The maximum Gasteiger partial charge on any atom is 0.235 e. The SMILES string of the molecule is CC(C)Cc1cc(-c2nn3c(C4COc5ccccc5O4)nnc3s2)n[nH]1. The van der Waals surface area contributed by atoms with Gasteiger partial charge in [0.25, 0.3) is 0 Å². The fourth-order valence-corrected chi connectivity index (χ4v) is 3.91. The third kappa shape index (κ3) is 2.93. The van der Waals surface area contributed by atoms with Crippen molar-refractivity contribution in [3.8, 4) is 22.2 Å². The van der Waals surface area contributed by atoms with Crippen LogP contribution in [0, 0.1) is 5.92 Å². The normalized spacial score (nSPS) is 16.3. The summed E-state index contributed by atoms with van der Waals surface area (Å²) in [6.07, 6.45) is 0.593. The van der Waals surface area contributed by atoms with Crippen LogP contribution in [0.15, 0.2) is 30.3 Å². The van der Waals surface area contributed by atoms with E-state index in [9.17, 15) is 0 Å². The van der Waals surface area contributed by atoms with Crippen molar-refractivity contribution in [3.63, 3.8) is 0 Å². The molecule has 8 nitrogen and oxygen atoms in total. The van der Waals surface area contributed by atoms with E-state index in [1.807, 2.05) is 30.3 Å². The summed E-state index contributed by atoms with van der Waals surface area (Å²) in [5.41, 5.74) is 1.92. The van der Waals surface area contributed by atoms with Gasteiger partial charge in [-0.25, -0.2) is 0 Å². The minimum atomic E-state index is -0.361. The molecule has 0 saturated heterocycles. The van der Waals surface area contributed by atoms with Crippen LogP contribution in [0.5, 0.6) is 11.5 Å². The van der Waals surface area contributed by atoms with Gasteiger partial charge in [0.15, 0.2) is 28.4 Å². The molecule has 1 unspecified atom stereocenters. The standard InChI is InChI=1S/C18H18N6O2S/c1-10(2)7-11-8-12(20-19-11)17-23-24-16(21-22-18(24)27-17)15-9-25-13-5-3-4-6-14(13)26-15/h3-6,8,10,15H,7,9H2,1-2H3,(H,19,20). The Bertz CT molecular complexity index is 1100. The molecule has 0 aliphatic carbocycles. The molecule has 1 atom stereocenters. The predicted octanol–water partition coefficient (Wildman–Crippen LogP) is 3.29. The molecule has 27 heavy (non-hydrogen) atoms. The number of rotatable bonds is 4. The summed E-state index contributed by atoms with van der Waals surface area (Å²) in [4.78, 5) is 0.705. The second-order valence-corrected chi connectivity index (χ2v) is 7.86. The molecule has 138 valence electrons. The number of ether oxygens (including phenoxy) is 2. The quantitative estimate of drug-likeness (QED) is 0.582. The first-order valence-corrected chi connectivity index (χ1v) is 9.64. The first-order chi connectivity index (χ1) is 13.2. The van der Waals surface area contributed by atoms with Crippen LogP contribution in [-0.2, 0) is 6.42 Å². The topological polar surface area (TPSA) is 90.2 Å². The molecule has 4 heterocycles. The molecule has 0 spiro atoms. The van der Waals surface area contributed by atoms with Crippen molar-refractivity contribution in [2.45, 2.75) is 26.4 Å². The van der Waals surface area contributed by atoms with Crippen molar-refractivity contribution in [1.82, 2.24) is 30.0 Å². The molecular formula is C18H18N6O2S. The molecule has 0 saturated carbocycles. The van der Waals surface area contributed by atoms with Gasteiger partial charge in [-0.1, -0.05) is 37.3 Å². The summed E-state index contributed by atoms with van der Waals surface area (Å²) in [5.74, 6) is 2.63. The highest BCUT2D eigenvalue weighted by Gasteiger charge is 2.28. The molecule has 1 aliphatic heterocycles. The van der Waals surface area contributed by atoms with Crippen LogP contribution in [0.3, 0.4) is 0 Å². The molecule has 1 aliphatic rings. The predicted molar refractivity (Wildman–Crippen MR) is 100 cm³/mol. The number of aromatic amines is 1. The van der Waals surface area contributed by atoms with Crippen molar-refractivity contribution in [2.24, 2.45) is 5.92 Å². The van der Waals surface area contributed by atoms with Gasteiger partial charge in [0.1, 0.15) is 12.3 Å². The lowest BCUT2D eigenvalue weighted by atomic mass is 10.1. The highest BCUT2D eigenvalue weighted by Crippen LogP contribution is 2.36. The van der Waals surface area contributed by atoms with Gasteiger partial charge >= 0.3 is 0 Å². The molecule has 4 aromatic rings. The van der Waals surface area contributed by atoms with E-state index in [4.69, 9.17) is 9.47 Å². The largest absolute Gasteiger partial charge is 0.485 e. The maximum atomic E-state index is 6.04. The highest BCUT2D eigenvalue weighted by molar-refractivity contribution is 7.19. The van der Waals surface area contributed by atoms with E-state index in [2.05, 4.69) is 39.3 Å². The van der Waals surface area contributed by atoms with E-state index in [-0.39, 0.29) is 6.10 Å². The van der Waals surface area contributed by atoms with Crippen LogP contribution in [0.2, 0.25) is 0 Å². The molecule has 5 rings (SSSR count). The Kier molecular flexibility index (Phi) is 3.82. The number of H-pyrrole nitrogens is 1. The smallest absolute Gasteiger partial charge is 0.235 e. The van der Waals surface area contributed by atoms with Gasteiger partial charge in [-0.15, -0.1) is 10.2 Å². The number of hydrogen-bond acceptors (Lipinski definition) is 7. The van der Waals surface area contributed by atoms with Gasteiger partial charge < -0.3 is 9.47 Å². The average Bonchev–Trinajstić information content (AvgIpc) is 3.36. The molecule has 0 fully saturated rings. The minimum absolute atomic E-state index is 0.361. The Morgan fingerprint density at radius 1 is 1.26 bits per heavy atom. The minimum Gasteiger partial charge on any atom is -0.485 e. The zero-order valence-electron chi connectivity index (χ0n) is 14.9. The van der Waals surface area contributed by atoms with E-state index < -0.39 is 0 Å². The van der Waals surface area contributed by atoms with Gasteiger partial charge in [0.05, 0.1) is 0 Å². The third-order valence-corrected chi connectivity index (χ3v) is 5.21. The van der Waals surface area contributed by atoms with Crippen LogP contribution < -0.4 is 9.47 Å². The van der Waals surface area contributed by atoms with Gasteiger partial charge in [-0.2, -0.15) is 14.7 Å². The fourth-order valence-electron chi connectivity index (χ4n) is 3.10. The Morgan fingerprint density at radius 2 is 2.11 bits per heavy atom. The molecule has 1 aromatic carbocycles. The lowest BCUT2D eigenvalue weighted by Gasteiger charge is -2.24. The zero-order valence-corrected chi connectivity index (χ0v) is 15.7. The Balaban J connectivity index is 1.45. The number of nitrogens with zero attached hydrogens (tertiary/aromatic N) is 5. The number of benzene rings is 1. The number of fused-ring (bicyclic) bond motifs is 2. The number of para-hydroxylation sites is 2. The summed E-state index contributed by atoms with van der Waals surface area (Å²) in [5, 5.41) is 21.4. The van der Waals surface area contributed by atoms with E-state index in [1.54, 1.807) is 4.52 Å². The van der Waals surface area contributed by atoms with Crippen LogP contribution in [0.1, 0.15) is 31.5 Å². The molecule has 3 aromatic heterocycles. The van der Waals surface area contributed by atoms with Gasteiger partial charge in [0.2, 0.25) is 4.96 Å². The zero-order chi connectivity index (χ0) is 18.4. The first-order valence-electron chi connectivity index (χ1n) is 8.82. The fraction of sp³-hybridized carbons (Fsp3) is 0.333. The Labute approximate surface area is 159 Å². The number of hydrogen-bond donors (Lipinski definition) is 1. The monoisotopic (exact) mass is 382 g/mol. The molecule has 9 heteroatoms. The van der Waals surface area contributed by atoms with Crippen molar-refractivity contribution < 1.29 is 9.47 Å². The molecule has 0 amide bonds. The van der Waals surface area contributed by atoms with Crippen LogP contribution in [0.4, 0.5) is 0 Å². The summed E-state index contributed by atoms with van der Waals surface area (Å²) in [6.45, 7) is 4.73. The Hall–Kier alpha value is -2.94. The molecular weight excluding hydrogens is 364 g/mol. The molecule has 0 bridgehead atoms. The van der Waals surface area contributed by atoms with Crippen LogP contribution in [0.25, 0.3) is 15.7 Å². The lowest BCUT2D eigenvalue weighted by Crippen LogP contribution is -2.23. The first kappa shape index (κ1) is 16.2. The third-order valence-electron chi connectivity index (χ3n) is 4.29. The van der Waals surface area contributed by atoms with E-state index >= 15 is 0 Å². The highest BCUT2D eigenvalue weighted by atomic mass is 32.1. The van der Waals surface area contributed by atoms with Gasteiger partial charge in [-0.05, 0) is 30.5 Å². The second kappa shape index (κ2) is 6.34. The summed E-state index contributed by atoms with van der Waals surface area (Å²) < 4.78 is 13.6. The number of aromatic nitrogens is 6. The van der Waals surface area contributed by atoms with E-state index in [0.717, 1.165) is 28.6 Å². The number of nitrogens with one attached hydrogen (secondary N) is 1. The molecule has 1 N–H and O–H groups in total. The van der Waals surface area contributed by atoms with E-state index in [1.165, 1.54) is 11.3 Å². The van der Waals surface area contributed by atoms with Crippen molar-refractivity contribution in [1.29, 1.82) is 0 Å². The Morgan fingerprint density at radius 3 is 2.96 bits per heavy atom. The van der Waals surface area contributed by atoms with E-state index in [0.29, 0.717) is 29.1 Å². The molecule has 0 radical (unpaired) electrons. The average molecular weight is 382 g/mol. The lowest BCUT2D eigenvalue weighted by molar-refractivity contribution is 0.0836. The van der Waals surface area contributed by atoms with Crippen molar-refractivity contribution in [2.75, 3.05) is 6.61 Å². The van der Waals surface area contributed by atoms with Crippen molar-refractivity contribution in [3.05, 3.63) is 41.9 Å². The van der Waals surface area contributed by atoms with Gasteiger partial charge in [0, 0.05) is 5.69 Å². The van der Waals surface area contributed by atoms with Crippen LogP contribution >= 0.6 is 11.3 Å². The summed E-state index contributed by atoms with van der Waals surface area (Å²) >= 11 is 1.45. The summed E-state index contributed by atoms with van der Waals surface area (Å²) in [6, 6.07) is 9.64. The summed E-state index contributed by atoms with van der Waals surface area (Å²) in [7, 11) is 0. The maximum absolute atomic E-state index is 6.04.